The van der Waals surface area contributed by atoms with Gasteiger partial charge in [0, 0.05) is 11.8 Å². The lowest BCUT2D eigenvalue weighted by Crippen LogP contribution is -2.27. The zero-order valence-corrected chi connectivity index (χ0v) is 14.3. The third-order valence-electron chi connectivity index (χ3n) is 4.14. The van der Waals surface area contributed by atoms with Crippen LogP contribution in [-0.4, -0.2) is 19.1 Å². The molecule has 25 heavy (non-hydrogen) atoms. The van der Waals surface area contributed by atoms with Crippen molar-refractivity contribution in [2.45, 2.75) is 19.3 Å². The SMILES string of the molecule is O=C(CCCc1ccccc1)NCCOc1cccc2ccccc12. The Labute approximate surface area is 148 Å². The zero-order valence-electron chi connectivity index (χ0n) is 14.3. The molecule has 0 saturated heterocycles. The minimum Gasteiger partial charge on any atom is -0.491 e. The molecule has 3 aromatic rings. The Morgan fingerprint density at radius 2 is 1.64 bits per heavy atom. The van der Waals surface area contributed by atoms with E-state index < -0.39 is 0 Å². The van der Waals surface area contributed by atoms with Gasteiger partial charge in [-0.1, -0.05) is 66.7 Å². The van der Waals surface area contributed by atoms with Gasteiger partial charge in [-0.3, -0.25) is 4.79 Å². The molecular formula is C22H23NO2. The molecule has 0 radical (unpaired) electrons. The first-order valence-corrected chi connectivity index (χ1v) is 8.74. The van der Waals surface area contributed by atoms with Crippen molar-refractivity contribution < 1.29 is 9.53 Å². The quantitative estimate of drug-likeness (QED) is 0.622. The Kier molecular flexibility index (Phi) is 6.05. The Bertz CT molecular complexity index is 809. The first-order valence-electron chi connectivity index (χ1n) is 8.74. The van der Waals surface area contributed by atoms with Gasteiger partial charge in [0.15, 0.2) is 0 Å². The monoisotopic (exact) mass is 333 g/mol. The number of amides is 1. The largest absolute Gasteiger partial charge is 0.491 e. The lowest BCUT2D eigenvalue weighted by Gasteiger charge is -2.10. The maximum absolute atomic E-state index is 11.9. The van der Waals surface area contributed by atoms with Gasteiger partial charge >= 0.3 is 0 Å². The molecule has 0 atom stereocenters. The third kappa shape index (κ3) is 5.08. The van der Waals surface area contributed by atoms with Gasteiger partial charge in [0.05, 0.1) is 6.54 Å². The molecule has 128 valence electrons. The van der Waals surface area contributed by atoms with Crippen LogP contribution in [0.15, 0.2) is 72.8 Å². The molecular weight excluding hydrogens is 310 g/mol. The van der Waals surface area contributed by atoms with Crippen LogP contribution in [-0.2, 0) is 11.2 Å². The van der Waals surface area contributed by atoms with E-state index in [2.05, 4.69) is 29.6 Å². The van der Waals surface area contributed by atoms with Crippen LogP contribution < -0.4 is 10.1 Å². The molecule has 3 rings (SSSR count). The van der Waals surface area contributed by atoms with Crippen molar-refractivity contribution >= 4 is 16.7 Å². The number of aryl methyl sites for hydroxylation is 1. The van der Waals surface area contributed by atoms with E-state index in [1.165, 1.54) is 5.56 Å². The fourth-order valence-electron chi connectivity index (χ4n) is 2.86. The smallest absolute Gasteiger partial charge is 0.220 e. The highest BCUT2D eigenvalue weighted by Gasteiger charge is 2.03. The van der Waals surface area contributed by atoms with Crippen molar-refractivity contribution in [3.05, 3.63) is 78.4 Å². The second-order valence-corrected chi connectivity index (χ2v) is 6.01. The number of hydrogen-bond acceptors (Lipinski definition) is 2. The maximum atomic E-state index is 11.9. The fraction of sp³-hybridized carbons (Fsp3) is 0.227. The molecule has 1 amide bonds. The Balaban J connectivity index is 1.37. The predicted octanol–water partition coefficient (Wildman–Crippen LogP) is 4.36. The lowest BCUT2D eigenvalue weighted by molar-refractivity contribution is -0.121. The first-order chi connectivity index (χ1) is 12.3. The van der Waals surface area contributed by atoms with Crippen LogP contribution in [0, 0.1) is 0 Å². The summed E-state index contributed by atoms with van der Waals surface area (Å²) in [7, 11) is 0. The number of carbonyl (C=O) groups is 1. The van der Waals surface area contributed by atoms with Crippen molar-refractivity contribution in [2.75, 3.05) is 13.2 Å². The molecule has 0 unspecified atom stereocenters. The molecule has 0 aromatic heterocycles. The van der Waals surface area contributed by atoms with Crippen molar-refractivity contribution in [1.82, 2.24) is 5.32 Å². The maximum Gasteiger partial charge on any atom is 0.220 e. The summed E-state index contributed by atoms with van der Waals surface area (Å²) in [5, 5.41) is 5.18. The second-order valence-electron chi connectivity index (χ2n) is 6.01. The molecule has 3 aromatic carbocycles. The van der Waals surface area contributed by atoms with E-state index in [0.717, 1.165) is 29.4 Å². The van der Waals surface area contributed by atoms with Crippen LogP contribution in [0.1, 0.15) is 18.4 Å². The summed E-state index contributed by atoms with van der Waals surface area (Å²) in [6.45, 7) is 0.992. The molecule has 0 aliphatic carbocycles. The van der Waals surface area contributed by atoms with Crippen molar-refractivity contribution in [3.8, 4) is 5.75 Å². The number of rotatable bonds is 8. The fourth-order valence-corrected chi connectivity index (χ4v) is 2.86. The van der Waals surface area contributed by atoms with Gasteiger partial charge in [0.2, 0.25) is 5.91 Å². The number of nitrogens with one attached hydrogen (secondary N) is 1. The molecule has 3 heteroatoms. The summed E-state index contributed by atoms with van der Waals surface area (Å²) in [6.07, 6.45) is 2.34. The summed E-state index contributed by atoms with van der Waals surface area (Å²) in [5.41, 5.74) is 1.27. The summed E-state index contributed by atoms with van der Waals surface area (Å²) < 4.78 is 5.83. The number of benzene rings is 3. The van der Waals surface area contributed by atoms with Crippen LogP contribution in [0.5, 0.6) is 5.75 Å². The normalized spacial score (nSPS) is 10.6. The molecule has 1 N–H and O–H groups in total. The highest BCUT2D eigenvalue weighted by atomic mass is 16.5. The van der Waals surface area contributed by atoms with E-state index in [1.54, 1.807) is 0 Å². The van der Waals surface area contributed by atoms with Gasteiger partial charge in [-0.05, 0) is 29.9 Å². The van der Waals surface area contributed by atoms with Gasteiger partial charge in [0.25, 0.3) is 0 Å². The molecule has 3 nitrogen and oxygen atoms in total. The number of carbonyl (C=O) groups excluding carboxylic acids is 1. The molecule has 0 saturated carbocycles. The van der Waals surface area contributed by atoms with E-state index >= 15 is 0 Å². The molecule has 0 fully saturated rings. The predicted molar refractivity (Wildman–Crippen MR) is 102 cm³/mol. The summed E-state index contributed by atoms with van der Waals surface area (Å²) in [6, 6.07) is 24.4. The van der Waals surface area contributed by atoms with Gasteiger partial charge in [0.1, 0.15) is 12.4 Å². The summed E-state index contributed by atoms with van der Waals surface area (Å²) in [4.78, 5) is 11.9. The van der Waals surface area contributed by atoms with E-state index in [0.29, 0.717) is 19.6 Å². The molecule has 0 bridgehead atoms. The number of fused-ring (bicyclic) bond motifs is 1. The standard InChI is InChI=1S/C22H23NO2/c24-22(15-6-10-18-8-2-1-3-9-18)23-16-17-25-21-14-7-12-19-11-4-5-13-20(19)21/h1-5,7-9,11-14H,6,10,15-17H2,(H,23,24). The minimum absolute atomic E-state index is 0.0810. The Hall–Kier alpha value is -2.81. The lowest BCUT2D eigenvalue weighted by atomic mass is 10.1. The average Bonchev–Trinajstić information content (AvgIpc) is 2.66. The van der Waals surface area contributed by atoms with E-state index in [-0.39, 0.29) is 5.91 Å². The van der Waals surface area contributed by atoms with E-state index in [4.69, 9.17) is 4.74 Å². The second kappa shape index (κ2) is 8.88. The van der Waals surface area contributed by atoms with Crippen molar-refractivity contribution in [2.24, 2.45) is 0 Å². The third-order valence-corrected chi connectivity index (χ3v) is 4.14. The zero-order chi connectivity index (χ0) is 17.3. The van der Waals surface area contributed by atoms with Crippen molar-refractivity contribution in [1.29, 1.82) is 0 Å². The highest BCUT2D eigenvalue weighted by molar-refractivity contribution is 5.88. The average molecular weight is 333 g/mol. The van der Waals surface area contributed by atoms with Gasteiger partial charge < -0.3 is 10.1 Å². The van der Waals surface area contributed by atoms with Gasteiger partial charge in [-0.25, -0.2) is 0 Å². The highest BCUT2D eigenvalue weighted by Crippen LogP contribution is 2.24. The Morgan fingerprint density at radius 1 is 0.880 bits per heavy atom. The number of ether oxygens (including phenoxy) is 1. The van der Waals surface area contributed by atoms with Crippen LogP contribution >= 0.6 is 0 Å². The molecule has 0 spiro atoms. The van der Waals surface area contributed by atoms with Crippen LogP contribution in [0.25, 0.3) is 10.8 Å². The minimum atomic E-state index is 0.0810. The van der Waals surface area contributed by atoms with E-state index in [1.807, 2.05) is 48.5 Å². The topological polar surface area (TPSA) is 38.3 Å². The summed E-state index contributed by atoms with van der Waals surface area (Å²) >= 11 is 0. The van der Waals surface area contributed by atoms with Crippen LogP contribution in [0.4, 0.5) is 0 Å². The molecule has 0 aliphatic heterocycles. The molecule has 0 aliphatic rings. The van der Waals surface area contributed by atoms with Gasteiger partial charge in [-0.15, -0.1) is 0 Å². The van der Waals surface area contributed by atoms with Crippen molar-refractivity contribution in [3.63, 3.8) is 0 Å². The van der Waals surface area contributed by atoms with Crippen LogP contribution in [0.2, 0.25) is 0 Å². The number of hydrogen-bond donors (Lipinski definition) is 1. The Morgan fingerprint density at radius 3 is 2.52 bits per heavy atom. The van der Waals surface area contributed by atoms with E-state index in [9.17, 15) is 4.79 Å². The van der Waals surface area contributed by atoms with Gasteiger partial charge in [-0.2, -0.15) is 0 Å². The molecule has 0 heterocycles. The van der Waals surface area contributed by atoms with Crippen LogP contribution in [0.3, 0.4) is 0 Å². The summed E-state index contributed by atoms with van der Waals surface area (Å²) in [5.74, 6) is 0.939. The first kappa shape index (κ1) is 17.0.